The molecule has 0 saturated carbocycles. The molecule has 1 nitrogen and oxygen atoms in total. The third-order valence-electron chi connectivity index (χ3n) is 3.78. The Morgan fingerprint density at radius 1 is 1.07 bits per heavy atom. The molecular weight excluding hydrogens is 182 g/mol. The quantitative estimate of drug-likeness (QED) is 0.616. The molecule has 1 unspecified atom stereocenters. The van der Waals surface area contributed by atoms with Crippen LogP contribution in [0.15, 0.2) is 0 Å². The first kappa shape index (κ1) is 13.0. The van der Waals surface area contributed by atoms with E-state index in [0.29, 0.717) is 0 Å². The summed E-state index contributed by atoms with van der Waals surface area (Å²) < 4.78 is 0. The lowest BCUT2D eigenvalue weighted by Crippen LogP contribution is -2.51. The lowest BCUT2D eigenvalue weighted by Gasteiger charge is -2.44. The Labute approximate surface area is 96.2 Å². The first-order chi connectivity index (χ1) is 7.17. The summed E-state index contributed by atoms with van der Waals surface area (Å²) in [6, 6.07) is 0.889. The largest absolute Gasteiger partial charge is 0.300 e. The minimum Gasteiger partial charge on any atom is -0.300 e. The molecule has 0 aromatic carbocycles. The molecule has 15 heavy (non-hydrogen) atoms. The molecule has 1 atom stereocenters. The fraction of sp³-hybridized carbons (Fsp3) is 1.00. The van der Waals surface area contributed by atoms with Crippen LogP contribution in [-0.2, 0) is 0 Å². The van der Waals surface area contributed by atoms with Crippen molar-refractivity contribution in [3.63, 3.8) is 0 Å². The molecule has 0 spiro atoms. The van der Waals surface area contributed by atoms with Crippen LogP contribution < -0.4 is 0 Å². The minimum atomic E-state index is 0.868. The normalized spacial score (nSPS) is 20.6. The number of nitrogens with zero attached hydrogens (tertiary/aromatic N) is 1. The van der Waals surface area contributed by atoms with Crippen LogP contribution in [0.3, 0.4) is 0 Å². The van der Waals surface area contributed by atoms with Crippen LogP contribution in [0.1, 0.15) is 59.8 Å². The molecule has 1 saturated heterocycles. The van der Waals surface area contributed by atoms with E-state index in [2.05, 4.69) is 32.6 Å². The van der Waals surface area contributed by atoms with E-state index in [4.69, 9.17) is 0 Å². The first-order valence-electron chi connectivity index (χ1n) is 6.91. The van der Waals surface area contributed by atoms with Gasteiger partial charge in [0.05, 0.1) is 0 Å². The van der Waals surface area contributed by atoms with E-state index >= 15 is 0 Å². The van der Waals surface area contributed by atoms with Crippen molar-refractivity contribution >= 4 is 0 Å². The van der Waals surface area contributed by atoms with Gasteiger partial charge in [0, 0.05) is 19.1 Å². The summed E-state index contributed by atoms with van der Waals surface area (Å²) in [6.07, 6.45) is 6.94. The number of rotatable bonds is 7. The van der Waals surface area contributed by atoms with Gasteiger partial charge in [0.25, 0.3) is 0 Å². The van der Waals surface area contributed by atoms with E-state index in [1.54, 1.807) is 0 Å². The average Bonchev–Trinajstić information content (AvgIpc) is 2.12. The summed E-state index contributed by atoms with van der Waals surface area (Å²) in [7, 11) is 0. The Morgan fingerprint density at radius 3 is 2.20 bits per heavy atom. The van der Waals surface area contributed by atoms with Crippen LogP contribution in [0.5, 0.6) is 0 Å². The van der Waals surface area contributed by atoms with Crippen molar-refractivity contribution in [1.29, 1.82) is 0 Å². The van der Waals surface area contributed by atoms with Crippen molar-refractivity contribution in [3.05, 3.63) is 0 Å². The van der Waals surface area contributed by atoms with E-state index in [-0.39, 0.29) is 0 Å². The van der Waals surface area contributed by atoms with E-state index in [1.165, 1.54) is 45.2 Å². The van der Waals surface area contributed by atoms with Crippen molar-refractivity contribution in [2.75, 3.05) is 13.1 Å². The van der Waals surface area contributed by atoms with Crippen LogP contribution in [0, 0.1) is 11.8 Å². The van der Waals surface area contributed by atoms with Crippen molar-refractivity contribution in [2.45, 2.75) is 65.8 Å². The van der Waals surface area contributed by atoms with Crippen LogP contribution in [0.25, 0.3) is 0 Å². The van der Waals surface area contributed by atoms with Gasteiger partial charge in [0.2, 0.25) is 0 Å². The third kappa shape index (κ3) is 4.14. The second-order valence-corrected chi connectivity index (χ2v) is 5.64. The highest BCUT2D eigenvalue weighted by Gasteiger charge is 2.30. The summed E-state index contributed by atoms with van der Waals surface area (Å²) in [4.78, 5) is 2.72. The zero-order valence-electron chi connectivity index (χ0n) is 11.1. The Morgan fingerprint density at radius 2 is 1.73 bits per heavy atom. The van der Waals surface area contributed by atoms with Gasteiger partial charge in [-0.1, -0.05) is 40.5 Å². The van der Waals surface area contributed by atoms with Gasteiger partial charge in [-0.3, -0.25) is 4.90 Å². The Hall–Kier alpha value is -0.0400. The monoisotopic (exact) mass is 211 g/mol. The molecule has 0 bridgehead atoms. The summed E-state index contributed by atoms with van der Waals surface area (Å²) in [5, 5.41) is 0. The SMILES string of the molecule is CCCC(CCC(C)C)N1CC(CC)C1. The molecule has 1 aliphatic rings. The Bertz CT molecular complexity index is 159. The number of hydrogen-bond donors (Lipinski definition) is 0. The topological polar surface area (TPSA) is 3.24 Å². The van der Waals surface area contributed by atoms with Gasteiger partial charge >= 0.3 is 0 Å². The summed E-state index contributed by atoms with van der Waals surface area (Å²) in [5.74, 6) is 1.87. The van der Waals surface area contributed by atoms with Crippen LogP contribution in [0.4, 0.5) is 0 Å². The van der Waals surface area contributed by atoms with Crippen LogP contribution in [-0.4, -0.2) is 24.0 Å². The molecule has 0 aromatic rings. The zero-order valence-corrected chi connectivity index (χ0v) is 11.1. The number of hydrogen-bond acceptors (Lipinski definition) is 1. The number of likely N-dealkylation sites (tertiary alicyclic amines) is 1. The molecule has 1 fully saturated rings. The molecule has 0 N–H and O–H groups in total. The van der Waals surface area contributed by atoms with Crippen LogP contribution >= 0.6 is 0 Å². The second kappa shape index (κ2) is 6.52. The molecular formula is C14H29N. The highest BCUT2D eigenvalue weighted by molar-refractivity contribution is 4.84. The maximum Gasteiger partial charge on any atom is 0.00955 e. The molecule has 0 amide bonds. The molecule has 0 radical (unpaired) electrons. The minimum absolute atomic E-state index is 0.868. The van der Waals surface area contributed by atoms with Gasteiger partial charge in [-0.15, -0.1) is 0 Å². The van der Waals surface area contributed by atoms with E-state index in [9.17, 15) is 0 Å². The van der Waals surface area contributed by atoms with Gasteiger partial charge in [0.15, 0.2) is 0 Å². The molecule has 1 heterocycles. The van der Waals surface area contributed by atoms with E-state index in [1.807, 2.05) is 0 Å². The summed E-state index contributed by atoms with van der Waals surface area (Å²) in [5.41, 5.74) is 0. The maximum atomic E-state index is 2.72. The molecule has 0 aromatic heterocycles. The molecule has 90 valence electrons. The predicted molar refractivity (Wildman–Crippen MR) is 68.1 cm³/mol. The smallest absolute Gasteiger partial charge is 0.00955 e. The Balaban J connectivity index is 2.25. The molecule has 1 aliphatic heterocycles. The van der Waals surface area contributed by atoms with Gasteiger partial charge in [0.1, 0.15) is 0 Å². The Kier molecular flexibility index (Phi) is 5.66. The summed E-state index contributed by atoms with van der Waals surface area (Å²) >= 11 is 0. The van der Waals surface area contributed by atoms with Crippen molar-refractivity contribution in [2.24, 2.45) is 11.8 Å². The van der Waals surface area contributed by atoms with Gasteiger partial charge in [-0.05, 0) is 31.1 Å². The molecule has 1 rings (SSSR count). The van der Waals surface area contributed by atoms with Crippen LogP contribution in [0.2, 0.25) is 0 Å². The fourth-order valence-corrected chi connectivity index (χ4v) is 2.53. The zero-order chi connectivity index (χ0) is 11.3. The lowest BCUT2D eigenvalue weighted by molar-refractivity contribution is 0.0399. The van der Waals surface area contributed by atoms with Crippen molar-refractivity contribution < 1.29 is 0 Å². The van der Waals surface area contributed by atoms with E-state index in [0.717, 1.165) is 17.9 Å². The molecule has 1 heteroatoms. The van der Waals surface area contributed by atoms with Gasteiger partial charge < -0.3 is 0 Å². The van der Waals surface area contributed by atoms with Gasteiger partial charge in [-0.25, -0.2) is 0 Å². The fourth-order valence-electron chi connectivity index (χ4n) is 2.53. The second-order valence-electron chi connectivity index (χ2n) is 5.64. The molecule has 0 aliphatic carbocycles. The predicted octanol–water partition coefficient (Wildman–Crippen LogP) is 3.93. The van der Waals surface area contributed by atoms with Crippen molar-refractivity contribution in [1.82, 2.24) is 4.90 Å². The third-order valence-corrected chi connectivity index (χ3v) is 3.78. The van der Waals surface area contributed by atoms with Gasteiger partial charge in [-0.2, -0.15) is 0 Å². The average molecular weight is 211 g/mol. The van der Waals surface area contributed by atoms with E-state index < -0.39 is 0 Å². The standard InChI is InChI=1S/C14H29N/c1-5-7-14(9-8-12(3)4)15-10-13(6-2)11-15/h12-14H,5-11H2,1-4H3. The summed E-state index contributed by atoms with van der Waals surface area (Å²) in [6.45, 7) is 12.1. The maximum absolute atomic E-state index is 2.72. The highest BCUT2D eigenvalue weighted by Crippen LogP contribution is 2.26. The first-order valence-corrected chi connectivity index (χ1v) is 6.91. The highest BCUT2D eigenvalue weighted by atomic mass is 15.2. The van der Waals surface area contributed by atoms with Crippen molar-refractivity contribution in [3.8, 4) is 0 Å². The lowest BCUT2D eigenvalue weighted by atomic mass is 9.91.